The number of benzene rings is 4. The highest BCUT2D eigenvalue weighted by atomic mass is 16.5. The molecule has 0 radical (unpaired) electrons. The second kappa shape index (κ2) is 5.62. The molecule has 0 saturated carbocycles. The van der Waals surface area contributed by atoms with Crippen LogP contribution in [0.3, 0.4) is 0 Å². The Bertz CT molecular complexity index is 1010. The second-order valence-electron chi connectivity index (χ2n) is 5.47. The van der Waals surface area contributed by atoms with Gasteiger partial charge in [0, 0.05) is 5.56 Å². The maximum absolute atomic E-state index is 5.71. The largest absolute Gasteiger partial charge is 0.465 e. The Labute approximate surface area is 135 Å². The summed E-state index contributed by atoms with van der Waals surface area (Å²) in [5, 5.41) is 4.83. The summed E-state index contributed by atoms with van der Waals surface area (Å²) in [6, 6.07) is 27.3. The lowest BCUT2D eigenvalue weighted by Gasteiger charge is -2.14. The molecule has 0 aliphatic carbocycles. The molecule has 0 aromatic heterocycles. The minimum Gasteiger partial charge on any atom is -0.465 e. The minimum atomic E-state index is 0.829. The number of rotatable bonds is 3. The van der Waals surface area contributed by atoms with E-state index >= 15 is 0 Å². The zero-order chi connectivity index (χ0) is 15.6. The van der Waals surface area contributed by atoms with Crippen molar-refractivity contribution < 1.29 is 4.74 Å². The molecule has 0 saturated heterocycles. The Morgan fingerprint density at radius 2 is 1.30 bits per heavy atom. The van der Waals surface area contributed by atoms with Crippen molar-refractivity contribution in [3.8, 4) is 16.9 Å². The molecule has 0 heterocycles. The molecule has 0 aliphatic heterocycles. The zero-order valence-electron chi connectivity index (χ0n) is 12.7. The summed E-state index contributed by atoms with van der Waals surface area (Å²) in [6.45, 7) is 3.71. The highest BCUT2D eigenvalue weighted by Crippen LogP contribution is 2.40. The fourth-order valence-corrected chi connectivity index (χ4v) is 3.16. The van der Waals surface area contributed by atoms with E-state index in [9.17, 15) is 0 Å². The van der Waals surface area contributed by atoms with Crippen LogP contribution in [-0.2, 0) is 0 Å². The van der Waals surface area contributed by atoms with Gasteiger partial charge in [-0.2, -0.15) is 0 Å². The van der Waals surface area contributed by atoms with E-state index in [-0.39, 0.29) is 0 Å². The van der Waals surface area contributed by atoms with Crippen LogP contribution in [0, 0.1) is 0 Å². The van der Waals surface area contributed by atoms with E-state index in [1.807, 2.05) is 6.07 Å². The second-order valence-corrected chi connectivity index (χ2v) is 5.47. The van der Waals surface area contributed by atoms with E-state index in [0.717, 1.165) is 11.3 Å². The fraction of sp³-hybridized carbons (Fsp3) is 0. The van der Waals surface area contributed by atoms with Crippen molar-refractivity contribution in [2.24, 2.45) is 0 Å². The first-order chi connectivity index (χ1) is 11.4. The number of ether oxygens (including phenoxy) is 1. The first-order valence-electron chi connectivity index (χ1n) is 7.66. The number of fused-ring (bicyclic) bond motifs is 2. The summed E-state index contributed by atoms with van der Waals surface area (Å²) in [6.07, 6.45) is 1.48. The Kier molecular flexibility index (Phi) is 3.32. The summed E-state index contributed by atoms with van der Waals surface area (Å²) >= 11 is 0. The lowest BCUT2D eigenvalue weighted by molar-refractivity contribution is 0.486. The van der Waals surface area contributed by atoms with Crippen LogP contribution in [0.5, 0.6) is 5.75 Å². The van der Waals surface area contributed by atoms with Gasteiger partial charge in [0.2, 0.25) is 0 Å². The van der Waals surface area contributed by atoms with Crippen LogP contribution in [0.1, 0.15) is 0 Å². The Hall–Kier alpha value is -3.06. The summed E-state index contributed by atoms with van der Waals surface area (Å²) in [7, 11) is 0. The summed E-state index contributed by atoms with van der Waals surface area (Å²) < 4.78 is 5.71. The lowest BCUT2D eigenvalue weighted by atomic mass is 9.93. The van der Waals surface area contributed by atoms with Crippen LogP contribution >= 0.6 is 0 Å². The average Bonchev–Trinajstić information content (AvgIpc) is 2.61. The predicted molar refractivity (Wildman–Crippen MR) is 97.7 cm³/mol. The SMILES string of the molecule is C=COc1ccc2ccccc2c1-c1cccc2ccccc12. The molecule has 0 unspecified atom stereocenters. The number of hydrogen-bond donors (Lipinski definition) is 0. The van der Waals surface area contributed by atoms with Gasteiger partial charge in [-0.05, 0) is 33.2 Å². The molecule has 0 fully saturated rings. The summed E-state index contributed by atoms with van der Waals surface area (Å²) in [5.41, 5.74) is 2.29. The van der Waals surface area contributed by atoms with Gasteiger partial charge < -0.3 is 4.74 Å². The minimum absolute atomic E-state index is 0.829. The third-order valence-corrected chi connectivity index (χ3v) is 4.16. The smallest absolute Gasteiger partial charge is 0.134 e. The molecule has 110 valence electrons. The van der Waals surface area contributed by atoms with Gasteiger partial charge in [-0.1, -0.05) is 79.4 Å². The highest BCUT2D eigenvalue weighted by Gasteiger charge is 2.13. The lowest BCUT2D eigenvalue weighted by Crippen LogP contribution is -1.90. The van der Waals surface area contributed by atoms with Crippen LogP contribution in [-0.4, -0.2) is 0 Å². The van der Waals surface area contributed by atoms with Gasteiger partial charge in [0.25, 0.3) is 0 Å². The number of hydrogen-bond acceptors (Lipinski definition) is 1. The van der Waals surface area contributed by atoms with Gasteiger partial charge >= 0.3 is 0 Å². The molecule has 0 amide bonds. The Balaban J connectivity index is 2.14. The van der Waals surface area contributed by atoms with Crippen molar-refractivity contribution in [3.05, 3.63) is 91.7 Å². The highest BCUT2D eigenvalue weighted by molar-refractivity contribution is 6.07. The third kappa shape index (κ3) is 2.27. The zero-order valence-corrected chi connectivity index (χ0v) is 12.7. The molecule has 4 aromatic carbocycles. The van der Waals surface area contributed by atoms with Gasteiger partial charge in [-0.25, -0.2) is 0 Å². The molecule has 0 spiro atoms. The van der Waals surface area contributed by atoms with Crippen LogP contribution in [0.2, 0.25) is 0 Å². The van der Waals surface area contributed by atoms with Crippen molar-refractivity contribution in [1.29, 1.82) is 0 Å². The molecule has 1 nitrogen and oxygen atoms in total. The maximum atomic E-state index is 5.71. The molecule has 23 heavy (non-hydrogen) atoms. The summed E-state index contributed by atoms with van der Waals surface area (Å²) in [5.74, 6) is 0.829. The normalized spacial score (nSPS) is 10.8. The van der Waals surface area contributed by atoms with Crippen molar-refractivity contribution in [2.45, 2.75) is 0 Å². The first-order valence-corrected chi connectivity index (χ1v) is 7.66. The fourth-order valence-electron chi connectivity index (χ4n) is 3.16. The van der Waals surface area contributed by atoms with E-state index < -0.39 is 0 Å². The van der Waals surface area contributed by atoms with Gasteiger partial charge in [0.15, 0.2) is 0 Å². The maximum Gasteiger partial charge on any atom is 0.134 e. The monoisotopic (exact) mass is 296 g/mol. The average molecular weight is 296 g/mol. The van der Waals surface area contributed by atoms with Crippen molar-refractivity contribution in [2.75, 3.05) is 0 Å². The van der Waals surface area contributed by atoms with E-state index in [1.165, 1.54) is 33.4 Å². The Morgan fingerprint density at radius 1 is 0.652 bits per heavy atom. The van der Waals surface area contributed by atoms with E-state index in [0.29, 0.717) is 0 Å². The van der Waals surface area contributed by atoms with Crippen molar-refractivity contribution >= 4 is 21.5 Å². The predicted octanol–water partition coefficient (Wildman–Crippen LogP) is 6.18. The standard InChI is InChI=1S/C22H16O/c1-2-23-21-15-14-17-9-4-6-12-19(17)22(21)20-13-7-10-16-8-3-5-11-18(16)20/h2-15H,1H2. The van der Waals surface area contributed by atoms with Crippen LogP contribution in [0.25, 0.3) is 32.7 Å². The Morgan fingerprint density at radius 3 is 2.09 bits per heavy atom. The topological polar surface area (TPSA) is 9.23 Å². The molecule has 0 N–H and O–H groups in total. The first kappa shape index (κ1) is 13.6. The molecular weight excluding hydrogens is 280 g/mol. The molecule has 0 bridgehead atoms. The summed E-state index contributed by atoms with van der Waals surface area (Å²) in [4.78, 5) is 0. The molecule has 0 aliphatic rings. The quantitative estimate of drug-likeness (QED) is 0.410. The molecule has 0 atom stereocenters. The molecule has 4 aromatic rings. The van der Waals surface area contributed by atoms with Gasteiger partial charge in [-0.15, -0.1) is 0 Å². The molecule has 1 heteroatoms. The third-order valence-electron chi connectivity index (χ3n) is 4.16. The van der Waals surface area contributed by atoms with Crippen molar-refractivity contribution in [3.63, 3.8) is 0 Å². The van der Waals surface area contributed by atoms with Gasteiger partial charge in [0.05, 0.1) is 6.26 Å². The van der Waals surface area contributed by atoms with Gasteiger partial charge in [-0.3, -0.25) is 0 Å². The van der Waals surface area contributed by atoms with E-state index in [2.05, 4.69) is 79.4 Å². The van der Waals surface area contributed by atoms with Crippen LogP contribution in [0.4, 0.5) is 0 Å². The van der Waals surface area contributed by atoms with Crippen LogP contribution < -0.4 is 4.74 Å². The van der Waals surface area contributed by atoms with Crippen molar-refractivity contribution in [1.82, 2.24) is 0 Å². The van der Waals surface area contributed by atoms with Gasteiger partial charge in [0.1, 0.15) is 5.75 Å². The molecular formula is C22H16O. The van der Waals surface area contributed by atoms with E-state index in [1.54, 1.807) is 0 Å². The van der Waals surface area contributed by atoms with Crippen LogP contribution in [0.15, 0.2) is 91.7 Å². The van der Waals surface area contributed by atoms with E-state index in [4.69, 9.17) is 4.74 Å². The molecule has 4 rings (SSSR count).